The zero-order valence-electron chi connectivity index (χ0n) is 10.6. The summed E-state index contributed by atoms with van der Waals surface area (Å²) < 4.78 is 10.2. The Morgan fingerprint density at radius 3 is 2.71 bits per heavy atom. The van der Waals surface area contributed by atoms with Gasteiger partial charge in [-0.2, -0.15) is 4.98 Å². The predicted octanol–water partition coefficient (Wildman–Crippen LogP) is 2.22. The Morgan fingerprint density at radius 1 is 1.41 bits per heavy atom. The zero-order valence-corrected chi connectivity index (χ0v) is 10.6. The zero-order chi connectivity index (χ0) is 12.3. The smallest absolute Gasteiger partial charge is 0.417 e. The monoisotopic (exact) mass is 239 g/mol. The number of nitrogens with zero attached hydrogens (tertiary/aromatic N) is 2. The third kappa shape index (κ3) is 2.60. The Bertz CT molecular complexity index is 356. The average molecular weight is 239 g/mol. The third-order valence-corrected chi connectivity index (χ3v) is 3.70. The van der Waals surface area contributed by atoms with Crippen molar-refractivity contribution in [3.8, 4) is 6.08 Å². The molecule has 0 atom stereocenters. The minimum atomic E-state index is -0.426. The Balaban J connectivity index is 2.05. The molecule has 0 radical (unpaired) electrons. The molecule has 1 aliphatic rings. The fourth-order valence-corrected chi connectivity index (χ4v) is 2.42. The van der Waals surface area contributed by atoms with Crippen molar-refractivity contribution in [1.82, 2.24) is 10.1 Å². The van der Waals surface area contributed by atoms with Crippen molar-refractivity contribution in [3.63, 3.8) is 0 Å². The molecule has 1 fully saturated rings. The lowest BCUT2D eigenvalue weighted by atomic mass is 9.76. The molecule has 0 amide bonds. The summed E-state index contributed by atoms with van der Waals surface area (Å²) in [7, 11) is 0. The number of hydrogen-bond acceptors (Lipinski definition) is 5. The molecule has 1 heterocycles. The Kier molecular flexibility index (Phi) is 3.66. The Labute approximate surface area is 102 Å². The van der Waals surface area contributed by atoms with Crippen LogP contribution in [0.25, 0.3) is 0 Å². The molecule has 0 saturated heterocycles. The largest absolute Gasteiger partial charge is 0.449 e. The fraction of sp³-hybridized carbons (Fsp3) is 0.833. The van der Waals surface area contributed by atoms with E-state index >= 15 is 0 Å². The number of nitrogens with two attached hydrogens (primary N) is 1. The van der Waals surface area contributed by atoms with Crippen molar-refractivity contribution in [1.29, 1.82) is 0 Å². The third-order valence-electron chi connectivity index (χ3n) is 3.70. The summed E-state index contributed by atoms with van der Waals surface area (Å²) >= 11 is 0. The first-order valence-electron chi connectivity index (χ1n) is 6.44. The first kappa shape index (κ1) is 12.4. The van der Waals surface area contributed by atoms with Crippen LogP contribution in [0.5, 0.6) is 6.08 Å². The van der Waals surface area contributed by atoms with E-state index in [1.165, 1.54) is 6.42 Å². The summed E-state index contributed by atoms with van der Waals surface area (Å²) in [5.41, 5.74) is 5.94. The highest BCUT2D eigenvalue weighted by Crippen LogP contribution is 2.37. The van der Waals surface area contributed by atoms with Crippen molar-refractivity contribution >= 4 is 0 Å². The molecule has 17 heavy (non-hydrogen) atoms. The molecule has 1 aromatic heterocycles. The molecule has 0 aromatic carbocycles. The minimum absolute atomic E-state index is 0.227. The van der Waals surface area contributed by atoms with Crippen LogP contribution in [0.3, 0.4) is 0 Å². The standard InChI is InChI=1S/C12H21N3O2/c1-3-9-5-7-12(13,8-6-9)10-14-11(16-4-2)17-15-10/h9H,3-8,13H2,1-2H3. The Hall–Kier alpha value is -1.10. The molecule has 1 aromatic rings. The maximum Gasteiger partial charge on any atom is 0.417 e. The molecule has 1 aliphatic carbocycles. The van der Waals surface area contributed by atoms with E-state index in [-0.39, 0.29) is 6.08 Å². The van der Waals surface area contributed by atoms with Gasteiger partial charge in [-0.05, 0) is 38.5 Å². The first-order valence-corrected chi connectivity index (χ1v) is 6.44. The van der Waals surface area contributed by atoms with Gasteiger partial charge in [0.1, 0.15) is 0 Å². The molecular weight excluding hydrogens is 218 g/mol. The van der Waals surface area contributed by atoms with Gasteiger partial charge in [0.2, 0.25) is 0 Å². The van der Waals surface area contributed by atoms with E-state index in [0.29, 0.717) is 12.4 Å². The lowest BCUT2D eigenvalue weighted by molar-refractivity contribution is 0.205. The van der Waals surface area contributed by atoms with Gasteiger partial charge < -0.3 is 10.5 Å². The highest BCUT2D eigenvalue weighted by molar-refractivity contribution is 5.07. The summed E-state index contributed by atoms with van der Waals surface area (Å²) in [5, 5.41) is 3.94. The van der Waals surface area contributed by atoms with Gasteiger partial charge in [0.05, 0.1) is 12.1 Å². The topological polar surface area (TPSA) is 74.2 Å². The van der Waals surface area contributed by atoms with Gasteiger partial charge in [-0.15, -0.1) is 0 Å². The SMILES string of the molecule is CCOc1nc(C2(N)CCC(CC)CC2)no1. The summed E-state index contributed by atoms with van der Waals surface area (Å²) in [4.78, 5) is 4.22. The summed E-state index contributed by atoms with van der Waals surface area (Å²) in [5.74, 6) is 1.39. The van der Waals surface area contributed by atoms with E-state index in [2.05, 4.69) is 17.1 Å². The second kappa shape index (κ2) is 5.04. The maximum atomic E-state index is 6.37. The van der Waals surface area contributed by atoms with Crippen LogP contribution in [0.2, 0.25) is 0 Å². The normalized spacial score (nSPS) is 29.2. The van der Waals surface area contributed by atoms with Crippen molar-refractivity contribution < 1.29 is 9.26 Å². The molecule has 2 N–H and O–H groups in total. The average Bonchev–Trinajstić information content (AvgIpc) is 2.80. The molecule has 0 unspecified atom stereocenters. The van der Waals surface area contributed by atoms with Crippen LogP contribution < -0.4 is 10.5 Å². The van der Waals surface area contributed by atoms with Crippen LogP contribution in [0.4, 0.5) is 0 Å². The van der Waals surface area contributed by atoms with Gasteiger partial charge in [-0.1, -0.05) is 18.5 Å². The van der Waals surface area contributed by atoms with Crippen molar-refractivity contribution in [3.05, 3.63) is 5.82 Å². The van der Waals surface area contributed by atoms with Gasteiger partial charge in [-0.3, -0.25) is 4.52 Å². The summed E-state index contributed by atoms with van der Waals surface area (Å²) in [6, 6.07) is 0. The molecule has 1 saturated carbocycles. The lowest BCUT2D eigenvalue weighted by Crippen LogP contribution is -2.41. The van der Waals surface area contributed by atoms with E-state index in [1.54, 1.807) is 0 Å². The van der Waals surface area contributed by atoms with Crippen LogP contribution in [0.15, 0.2) is 4.52 Å². The van der Waals surface area contributed by atoms with Crippen LogP contribution in [0.1, 0.15) is 51.8 Å². The molecule has 2 rings (SSSR count). The van der Waals surface area contributed by atoms with Gasteiger partial charge in [0.25, 0.3) is 0 Å². The minimum Gasteiger partial charge on any atom is -0.449 e. The van der Waals surface area contributed by atoms with Crippen molar-refractivity contribution in [2.24, 2.45) is 11.7 Å². The fourth-order valence-electron chi connectivity index (χ4n) is 2.42. The van der Waals surface area contributed by atoms with Gasteiger partial charge >= 0.3 is 6.08 Å². The quantitative estimate of drug-likeness (QED) is 0.872. The second-order valence-corrected chi connectivity index (χ2v) is 4.82. The van der Waals surface area contributed by atoms with E-state index < -0.39 is 5.54 Å². The highest BCUT2D eigenvalue weighted by atomic mass is 16.6. The first-order chi connectivity index (χ1) is 8.18. The van der Waals surface area contributed by atoms with Crippen LogP contribution in [-0.2, 0) is 5.54 Å². The lowest BCUT2D eigenvalue weighted by Gasteiger charge is -2.34. The summed E-state index contributed by atoms with van der Waals surface area (Å²) in [6.45, 7) is 4.64. The number of hydrogen-bond donors (Lipinski definition) is 1. The van der Waals surface area contributed by atoms with Crippen molar-refractivity contribution in [2.75, 3.05) is 6.61 Å². The van der Waals surface area contributed by atoms with Gasteiger partial charge in [0, 0.05) is 0 Å². The maximum absolute atomic E-state index is 6.37. The van der Waals surface area contributed by atoms with Crippen molar-refractivity contribution in [2.45, 2.75) is 51.5 Å². The van der Waals surface area contributed by atoms with E-state index in [0.717, 1.165) is 31.6 Å². The number of ether oxygens (including phenoxy) is 1. The van der Waals surface area contributed by atoms with E-state index in [9.17, 15) is 0 Å². The highest BCUT2D eigenvalue weighted by Gasteiger charge is 2.37. The molecule has 5 nitrogen and oxygen atoms in total. The number of rotatable bonds is 4. The molecule has 5 heteroatoms. The molecular formula is C12H21N3O2. The van der Waals surface area contributed by atoms with Gasteiger partial charge in [0.15, 0.2) is 5.82 Å². The molecule has 0 spiro atoms. The molecule has 0 aliphatic heterocycles. The second-order valence-electron chi connectivity index (χ2n) is 4.82. The van der Waals surface area contributed by atoms with Gasteiger partial charge in [-0.25, -0.2) is 0 Å². The van der Waals surface area contributed by atoms with Crippen LogP contribution in [0, 0.1) is 5.92 Å². The molecule has 96 valence electrons. The van der Waals surface area contributed by atoms with E-state index in [1.807, 2.05) is 6.92 Å². The predicted molar refractivity (Wildman–Crippen MR) is 63.6 cm³/mol. The van der Waals surface area contributed by atoms with E-state index in [4.69, 9.17) is 15.0 Å². The van der Waals surface area contributed by atoms with Crippen LogP contribution >= 0.6 is 0 Å². The molecule has 0 bridgehead atoms. The Morgan fingerprint density at radius 2 is 2.12 bits per heavy atom. The van der Waals surface area contributed by atoms with Crippen LogP contribution in [-0.4, -0.2) is 16.7 Å². The number of aromatic nitrogens is 2. The summed E-state index contributed by atoms with van der Waals surface area (Å²) in [6.07, 6.45) is 5.60.